The molecular weight excluding hydrogens is 468 g/mol. The van der Waals surface area contributed by atoms with Gasteiger partial charge in [0.25, 0.3) is 0 Å². The van der Waals surface area contributed by atoms with Gasteiger partial charge >= 0.3 is 17.9 Å². The second kappa shape index (κ2) is 11.2. The van der Waals surface area contributed by atoms with Gasteiger partial charge in [-0.25, -0.2) is 4.79 Å². The molecule has 0 saturated heterocycles. The van der Waals surface area contributed by atoms with Crippen LogP contribution < -0.4 is 22.5 Å². The molecule has 0 saturated carbocycles. The van der Waals surface area contributed by atoms with Gasteiger partial charge in [0.1, 0.15) is 18.1 Å². The van der Waals surface area contributed by atoms with Crippen molar-refractivity contribution in [2.24, 2.45) is 17.2 Å². The van der Waals surface area contributed by atoms with E-state index in [9.17, 15) is 24.6 Å². The number of phenolic OH excluding ortho intramolecular Hbond substituents is 1. The molecule has 1 aromatic carbocycles. The molecule has 31 heavy (non-hydrogen) atoms. The second-order valence-corrected chi connectivity index (χ2v) is 9.68. The van der Waals surface area contributed by atoms with E-state index in [0.29, 0.717) is 26.7 Å². The molecule has 0 amide bonds. The summed E-state index contributed by atoms with van der Waals surface area (Å²) in [5, 5.41) is 41.3. The van der Waals surface area contributed by atoms with Crippen molar-refractivity contribution in [2.75, 3.05) is 29.1 Å². The van der Waals surface area contributed by atoms with Crippen molar-refractivity contribution in [3.05, 3.63) is 5.56 Å². The fraction of sp³-hybridized carbons (Fsp3) is 0.471. The molecule has 1 aliphatic rings. The summed E-state index contributed by atoms with van der Waals surface area (Å²) in [5.74, 6) is -3.50. The fourth-order valence-corrected chi connectivity index (χ4v) is 6.41. The van der Waals surface area contributed by atoms with E-state index in [-0.39, 0.29) is 35.2 Å². The summed E-state index contributed by atoms with van der Waals surface area (Å²) < 4.78 is 0. The minimum Gasteiger partial charge on any atom is -0.505 e. The van der Waals surface area contributed by atoms with E-state index in [1.165, 1.54) is 23.5 Å². The zero-order chi connectivity index (χ0) is 23.3. The van der Waals surface area contributed by atoms with Crippen molar-refractivity contribution in [3.63, 3.8) is 0 Å². The average Bonchev–Trinajstić information content (AvgIpc) is 2.72. The number of hydrogen-bond donors (Lipinski definition) is 8. The maximum atomic E-state index is 11.4. The molecule has 0 spiro atoms. The molecule has 1 heterocycles. The molecule has 11 N–H and O–H groups in total. The zero-order valence-electron chi connectivity index (χ0n) is 16.2. The first kappa shape index (κ1) is 25.4. The van der Waals surface area contributed by atoms with Gasteiger partial charge in [-0.3, -0.25) is 9.59 Å². The number of carboxylic acids is 3. The van der Waals surface area contributed by atoms with Crippen LogP contribution in [0, 0.1) is 0 Å². The Morgan fingerprint density at radius 1 is 1.06 bits per heavy atom. The summed E-state index contributed by atoms with van der Waals surface area (Å²) in [7, 11) is 0. The van der Waals surface area contributed by atoms with Crippen LogP contribution in [-0.4, -0.2) is 80.3 Å². The SMILES string of the molecule is NCCc1c(SC[C@H](N)C(=O)O)c(O)c2c(c1SC[C@H](N)C(=O)O)SC[C@@H](C(=O)O)N2. The lowest BCUT2D eigenvalue weighted by molar-refractivity contribution is -0.138. The average molecular weight is 493 g/mol. The smallest absolute Gasteiger partial charge is 0.327 e. The van der Waals surface area contributed by atoms with Crippen LogP contribution in [0.4, 0.5) is 5.69 Å². The monoisotopic (exact) mass is 492 g/mol. The Kier molecular flexibility index (Phi) is 9.14. The number of anilines is 1. The van der Waals surface area contributed by atoms with Crippen LogP contribution in [0.15, 0.2) is 14.7 Å². The number of thioether (sulfide) groups is 3. The lowest BCUT2D eigenvalue weighted by atomic mass is 10.1. The summed E-state index contributed by atoms with van der Waals surface area (Å²) in [6.07, 6.45) is 0.318. The van der Waals surface area contributed by atoms with Crippen molar-refractivity contribution in [1.29, 1.82) is 0 Å². The summed E-state index contributed by atoms with van der Waals surface area (Å²) >= 11 is 3.41. The first-order valence-corrected chi connectivity index (χ1v) is 12.0. The minimum atomic E-state index is -1.20. The van der Waals surface area contributed by atoms with Crippen molar-refractivity contribution >= 4 is 58.9 Å². The minimum absolute atomic E-state index is 0.0335. The molecule has 11 nitrogen and oxygen atoms in total. The number of nitrogens with two attached hydrogens (primary N) is 3. The Morgan fingerprint density at radius 2 is 1.61 bits per heavy atom. The van der Waals surface area contributed by atoms with Crippen molar-refractivity contribution in [1.82, 2.24) is 0 Å². The van der Waals surface area contributed by atoms with Gasteiger partial charge in [0.05, 0.1) is 10.6 Å². The molecule has 0 aromatic heterocycles. The summed E-state index contributed by atoms with van der Waals surface area (Å²) in [6, 6.07) is -3.26. The van der Waals surface area contributed by atoms with E-state index >= 15 is 0 Å². The van der Waals surface area contributed by atoms with Gasteiger partial charge in [0.15, 0.2) is 5.75 Å². The lowest BCUT2D eigenvalue weighted by Gasteiger charge is -2.29. The highest BCUT2D eigenvalue weighted by Crippen LogP contribution is 2.52. The van der Waals surface area contributed by atoms with Crippen LogP contribution in [0.25, 0.3) is 0 Å². The normalized spacial score (nSPS) is 17.3. The summed E-state index contributed by atoms with van der Waals surface area (Å²) in [4.78, 5) is 35.2. The zero-order valence-corrected chi connectivity index (χ0v) is 18.7. The lowest BCUT2D eigenvalue weighted by Crippen LogP contribution is -2.35. The van der Waals surface area contributed by atoms with Gasteiger partial charge in [-0.2, -0.15) is 0 Å². The largest absolute Gasteiger partial charge is 0.505 e. The molecule has 0 aliphatic carbocycles. The van der Waals surface area contributed by atoms with Gasteiger partial charge in [0, 0.05) is 27.0 Å². The van der Waals surface area contributed by atoms with E-state index in [1.54, 1.807) is 0 Å². The highest BCUT2D eigenvalue weighted by Gasteiger charge is 2.32. The Morgan fingerprint density at radius 3 is 2.10 bits per heavy atom. The standard InChI is InChI=1S/C17H24N4O7S3/c18-2-1-6-12(29-3-7(19)15(23)24)11(22)10-14(31-5-9(21-10)17(27)28)13(6)30-4-8(20)16(25)26/h7-9,21-22H,1-5,18-20H2,(H,23,24)(H,25,26)(H,27,28)/t7-,8-,9-/m0/s1. The molecule has 1 aromatic rings. The molecule has 1 aliphatic heterocycles. The van der Waals surface area contributed by atoms with Crippen LogP contribution in [-0.2, 0) is 20.8 Å². The van der Waals surface area contributed by atoms with Crippen molar-refractivity contribution < 1.29 is 34.8 Å². The third-order valence-corrected chi connectivity index (χ3v) is 8.13. The van der Waals surface area contributed by atoms with Gasteiger partial charge in [0.2, 0.25) is 0 Å². The van der Waals surface area contributed by atoms with Crippen LogP contribution in [0.1, 0.15) is 5.56 Å². The third kappa shape index (κ3) is 6.11. The predicted octanol–water partition coefficient (Wildman–Crippen LogP) is -0.128. The molecule has 172 valence electrons. The molecule has 0 bridgehead atoms. The third-order valence-electron chi connectivity index (χ3n) is 4.29. The van der Waals surface area contributed by atoms with Gasteiger partial charge in [-0.05, 0) is 18.5 Å². The van der Waals surface area contributed by atoms with Crippen molar-refractivity contribution in [3.8, 4) is 5.75 Å². The van der Waals surface area contributed by atoms with Crippen LogP contribution in [0.3, 0.4) is 0 Å². The number of rotatable bonds is 11. The number of carboxylic acid groups (broad SMARTS) is 3. The molecule has 0 fully saturated rings. The number of phenols is 1. The first-order chi connectivity index (χ1) is 14.6. The molecule has 2 rings (SSSR count). The van der Waals surface area contributed by atoms with Gasteiger partial charge < -0.3 is 42.9 Å². The Balaban J connectivity index is 2.57. The topological polar surface area (TPSA) is 222 Å². The number of benzene rings is 1. The Labute approximate surface area is 190 Å². The molecule has 3 atom stereocenters. The number of nitrogens with one attached hydrogen (secondary N) is 1. The quantitative estimate of drug-likeness (QED) is 0.149. The highest BCUT2D eigenvalue weighted by molar-refractivity contribution is 8.02. The molecular formula is C17H24N4O7S3. The number of aliphatic carboxylic acids is 3. The van der Waals surface area contributed by atoms with E-state index in [0.717, 1.165) is 11.8 Å². The number of carbonyl (C=O) groups is 3. The first-order valence-electron chi connectivity index (χ1n) is 9.04. The fourth-order valence-electron chi connectivity index (χ4n) is 2.67. The number of hydrogen-bond acceptors (Lipinski definition) is 11. The van der Waals surface area contributed by atoms with E-state index in [1.807, 2.05) is 0 Å². The van der Waals surface area contributed by atoms with Gasteiger partial charge in [-0.1, -0.05) is 0 Å². The predicted molar refractivity (Wildman–Crippen MR) is 119 cm³/mol. The highest BCUT2D eigenvalue weighted by atomic mass is 32.2. The van der Waals surface area contributed by atoms with E-state index in [2.05, 4.69) is 5.32 Å². The Bertz CT molecular complexity index is 871. The number of fused-ring (bicyclic) bond motifs is 1. The second-order valence-electron chi connectivity index (χ2n) is 6.59. The molecule has 0 unspecified atom stereocenters. The van der Waals surface area contributed by atoms with E-state index < -0.39 is 36.0 Å². The molecule has 0 radical (unpaired) electrons. The maximum absolute atomic E-state index is 11.4. The van der Waals surface area contributed by atoms with Gasteiger partial charge in [-0.15, -0.1) is 35.3 Å². The van der Waals surface area contributed by atoms with Crippen LogP contribution >= 0.6 is 35.3 Å². The molecule has 14 heteroatoms. The summed E-state index contributed by atoms with van der Waals surface area (Å²) in [6.45, 7) is 0.213. The Hall–Kier alpha value is -1.84. The number of aromatic hydroxyl groups is 1. The van der Waals surface area contributed by atoms with Crippen LogP contribution in [0.2, 0.25) is 0 Å². The van der Waals surface area contributed by atoms with Crippen LogP contribution in [0.5, 0.6) is 5.75 Å². The summed E-state index contributed by atoms with van der Waals surface area (Å²) in [5.41, 5.74) is 17.8. The van der Waals surface area contributed by atoms with E-state index in [4.69, 9.17) is 27.4 Å². The van der Waals surface area contributed by atoms with Crippen molar-refractivity contribution in [2.45, 2.75) is 39.2 Å². The maximum Gasteiger partial charge on any atom is 0.327 e.